The van der Waals surface area contributed by atoms with Crippen molar-refractivity contribution in [3.63, 3.8) is 0 Å². The van der Waals surface area contributed by atoms with Gasteiger partial charge in [-0.3, -0.25) is 14.5 Å². The van der Waals surface area contributed by atoms with E-state index in [1.165, 1.54) is 17.0 Å². The van der Waals surface area contributed by atoms with Crippen LogP contribution in [0.25, 0.3) is 5.57 Å². The third-order valence-electron chi connectivity index (χ3n) is 5.34. The number of amides is 2. The molecule has 0 unspecified atom stereocenters. The van der Waals surface area contributed by atoms with Crippen molar-refractivity contribution < 1.29 is 23.5 Å². The summed E-state index contributed by atoms with van der Waals surface area (Å²) in [5, 5.41) is 0. The highest BCUT2D eigenvalue weighted by Gasteiger charge is 2.41. The third kappa shape index (κ3) is 4.46. The number of nitrogens with zero attached hydrogens (tertiary/aromatic N) is 2. The molecule has 0 spiro atoms. The zero-order valence-electron chi connectivity index (χ0n) is 17.5. The zero-order valence-corrected chi connectivity index (χ0v) is 17.5. The van der Waals surface area contributed by atoms with Gasteiger partial charge in [0.05, 0.1) is 31.9 Å². The Morgan fingerprint density at radius 2 is 1.65 bits per heavy atom. The molecule has 0 radical (unpaired) electrons. The normalized spacial score (nSPS) is 17.0. The first-order valence-electron chi connectivity index (χ1n) is 10.5. The van der Waals surface area contributed by atoms with E-state index in [4.69, 9.17) is 9.47 Å². The molecule has 31 heavy (non-hydrogen) atoms. The molecule has 7 heteroatoms. The number of hydrogen-bond donors (Lipinski definition) is 0. The Morgan fingerprint density at radius 1 is 0.968 bits per heavy atom. The number of hydrogen-bond acceptors (Lipinski definition) is 5. The van der Waals surface area contributed by atoms with E-state index >= 15 is 0 Å². The van der Waals surface area contributed by atoms with Crippen molar-refractivity contribution in [1.29, 1.82) is 0 Å². The van der Waals surface area contributed by atoms with Crippen LogP contribution in [-0.4, -0.2) is 54.5 Å². The van der Waals surface area contributed by atoms with Gasteiger partial charge in [0, 0.05) is 13.1 Å². The lowest BCUT2D eigenvalue weighted by molar-refractivity contribution is -0.138. The lowest BCUT2D eigenvalue weighted by Gasteiger charge is -2.29. The molecule has 0 atom stereocenters. The Morgan fingerprint density at radius 3 is 2.29 bits per heavy atom. The summed E-state index contributed by atoms with van der Waals surface area (Å²) in [6.07, 6.45) is 0.902. The molecule has 2 heterocycles. The largest absolute Gasteiger partial charge is 0.494 e. The van der Waals surface area contributed by atoms with Crippen LogP contribution in [0.1, 0.15) is 24.5 Å². The van der Waals surface area contributed by atoms with Gasteiger partial charge in [0.2, 0.25) is 0 Å². The second kappa shape index (κ2) is 9.31. The molecular formula is C24H25FN2O4. The fourth-order valence-corrected chi connectivity index (χ4v) is 3.76. The molecule has 6 nitrogen and oxygen atoms in total. The molecule has 0 bridgehead atoms. The number of carbonyl (C=O) groups excluding carboxylic acids is 2. The van der Waals surface area contributed by atoms with Gasteiger partial charge in [0.15, 0.2) is 0 Å². The van der Waals surface area contributed by atoms with Crippen molar-refractivity contribution in [2.75, 3.05) is 32.9 Å². The second-order valence-electron chi connectivity index (χ2n) is 7.52. The quantitative estimate of drug-likeness (QED) is 0.639. The molecule has 0 N–H and O–H groups in total. The van der Waals surface area contributed by atoms with Gasteiger partial charge in [-0.2, -0.15) is 0 Å². The maximum absolute atomic E-state index is 13.4. The Balaban J connectivity index is 1.67. The Kier molecular flexibility index (Phi) is 6.32. The molecule has 4 rings (SSSR count). The predicted octanol–water partition coefficient (Wildman–Crippen LogP) is 3.23. The second-order valence-corrected chi connectivity index (χ2v) is 7.52. The van der Waals surface area contributed by atoms with E-state index in [2.05, 4.69) is 0 Å². The topological polar surface area (TPSA) is 59.1 Å². The Hall–Kier alpha value is -3.19. The standard InChI is InChI=1S/C24H25FN2O4/c1-2-13-31-20-9-5-18(6-10-20)21-22(26-11-14-30-15-12-26)24(29)27(23(21)28)16-17-3-7-19(25)8-4-17/h3-10H,2,11-16H2,1H3. The molecule has 0 aliphatic carbocycles. The van der Waals surface area contributed by atoms with Gasteiger partial charge < -0.3 is 14.4 Å². The minimum atomic E-state index is -0.360. The van der Waals surface area contributed by atoms with Crippen molar-refractivity contribution in [3.8, 4) is 5.75 Å². The van der Waals surface area contributed by atoms with Crippen LogP contribution in [-0.2, 0) is 20.9 Å². The molecule has 2 aliphatic rings. The fraction of sp³-hybridized carbons (Fsp3) is 0.333. The maximum atomic E-state index is 13.4. The van der Waals surface area contributed by atoms with Crippen molar-refractivity contribution in [2.45, 2.75) is 19.9 Å². The molecule has 1 saturated heterocycles. The first-order chi connectivity index (χ1) is 15.1. The van der Waals surface area contributed by atoms with Crippen LogP contribution in [0.5, 0.6) is 5.75 Å². The van der Waals surface area contributed by atoms with Gasteiger partial charge in [0.1, 0.15) is 17.3 Å². The van der Waals surface area contributed by atoms with Crippen molar-refractivity contribution in [2.24, 2.45) is 0 Å². The minimum absolute atomic E-state index is 0.0903. The van der Waals surface area contributed by atoms with E-state index in [1.54, 1.807) is 12.1 Å². The molecule has 2 aliphatic heterocycles. The number of imide groups is 1. The highest BCUT2D eigenvalue weighted by Crippen LogP contribution is 2.33. The van der Waals surface area contributed by atoms with Gasteiger partial charge in [-0.1, -0.05) is 31.2 Å². The summed E-state index contributed by atoms with van der Waals surface area (Å²) in [5.41, 5.74) is 2.15. The van der Waals surface area contributed by atoms with E-state index in [9.17, 15) is 14.0 Å². The van der Waals surface area contributed by atoms with E-state index in [0.29, 0.717) is 55.3 Å². The van der Waals surface area contributed by atoms with Crippen LogP contribution in [0.2, 0.25) is 0 Å². The minimum Gasteiger partial charge on any atom is -0.494 e. The Bertz CT molecular complexity index is 980. The average Bonchev–Trinajstić information content (AvgIpc) is 3.05. The van der Waals surface area contributed by atoms with E-state index in [0.717, 1.165) is 12.2 Å². The molecule has 2 amide bonds. The SMILES string of the molecule is CCCOc1ccc(C2=C(N3CCOCC3)C(=O)N(Cc3ccc(F)cc3)C2=O)cc1. The zero-order chi connectivity index (χ0) is 21.8. The maximum Gasteiger partial charge on any atom is 0.278 e. The van der Waals surface area contributed by atoms with Gasteiger partial charge in [0.25, 0.3) is 11.8 Å². The first-order valence-corrected chi connectivity index (χ1v) is 10.5. The average molecular weight is 424 g/mol. The highest BCUT2D eigenvalue weighted by molar-refractivity contribution is 6.35. The lowest BCUT2D eigenvalue weighted by Crippen LogP contribution is -2.40. The molecule has 2 aromatic rings. The number of halogens is 1. The number of benzene rings is 2. The molecule has 2 aromatic carbocycles. The lowest BCUT2D eigenvalue weighted by atomic mass is 10.0. The monoisotopic (exact) mass is 424 g/mol. The summed E-state index contributed by atoms with van der Waals surface area (Å²) >= 11 is 0. The molecule has 0 saturated carbocycles. The van der Waals surface area contributed by atoms with E-state index in [1.807, 2.05) is 36.1 Å². The molecular weight excluding hydrogens is 399 g/mol. The van der Waals surface area contributed by atoms with E-state index < -0.39 is 0 Å². The van der Waals surface area contributed by atoms with Crippen LogP contribution in [0.15, 0.2) is 54.2 Å². The number of carbonyl (C=O) groups is 2. The van der Waals surface area contributed by atoms with E-state index in [-0.39, 0.29) is 24.2 Å². The molecule has 162 valence electrons. The van der Waals surface area contributed by atoms with Crippen LogP contribution in [0, 0.1) is 5.82 Å². The highest BCUT2D eigenvalue weighted by atomic mass is 19.1. The Labute approximate surface area is 180 Å². The summed E-state index contributed by atoms with van der Waals surface area (Å²) in [6.45, 7) is 4.82. The van der Waals surface area contributed by atoms with Crippen molar-refractivity contribution in [1.82, 2.24) is 9.80 Å². The fourth-order valence-electron chi connectivity index (χ4n) is 3.76. The summed E-state index contributed by atoms with van der Waals surface area (Å²) in [7, 11) is 0. The van der Waals surface area contributed by atoms with Gasteiger partial charge in [-0.15, -0.1) is 0 Å². The summed E-state index contributed by atoms with van der Waals surface area (Å²) in [4.78, 5) is 29.9. The van der Waals surface area contributed by atoms with Crippen molar-refractivity contribution >= 4 is 17.4 Å². The van der Waals surface area contributed by atoms with Gasteiger partial charge in [-0.05, 0) is 41.8 Å². The third-order valence-corrected chi connectivity index (χ3v) is 5.34. The summed E-state index contributed by atoms with van der Waals surface area (Å²) < 4.78 is 24.3. The molecule has 1 fully saturated rings. The first kappa shape index (κ1) is 21.1. The van der Waals surface area contributed by atoms with Crippen LogP contribution >= 0.6 is 0 Å². The predicted molar refractivity (Wildman–Crippen MR) is 113 cm³/mol. The number of morpholine rings is 1. The summed E-state index contributed by atoms with van der Waals surface area (Å²) in [6, 6.07) is 13.1. The van der Waals surface area contributed by atoms with Gasteiger partial charge in [-0.25, -0.2) is 4.39 Å². The van der Waals surface area contributed by atoms with Gasteiger partial charge >= 0.3 is 0 Å². The van der Waals surface area contributed by atoms with Crippen LogP contribution in [0.3, 0.4) is 0 Å². The van der Waals surface area contributed by atoms with Crippen LogP contribution < -0.4 is 4.74 Å². The van der Waals surface area contributed by atoms with Crippen LogP contribution in [0.4, 0.5) is 4.39 Å². The smallest absolute Gasteiger partial charge is 0.278 e. The summed E-state index contributed by atoms with van der Waals surface area (Å²) in [5.74, 6) is -0.323. The number of rotatable bonds is 7. The van der Waals surface area contributed by atoms with Crippen molar-refractivity contribution in [3.05, 3.63) is 71.2 Å². The number of ether oxygens (including phenoxy) is 2. The molecule has 0 aromatic heterocycles.